The number of piperidine rings is 1. The van der Waals surface area contributed by atoms with Crippen LogP contribution >= 0.6 is 0 Å². The Morgan fingerprint density at radius 2 is 1.89 bits per heavy atom. The van der Waals surface area contributed by atoms with Crippen molar-refractivity contribution in [1.29, 1.82) is 0 Å². The van der Waals surface area contributed by atoms with Gasteiger partial charge in [-0.3, -0.25) is 4.79 Å². The van der Waals surface area contributed by atoms with Crippen LogP contribution in [0.15, 0.2) is 0 Å². The van der Waals surface area contributed by atoms with Crippen LogP contribution in [0.3, 0.4) is 0 Å². The first kappa shape index (κ1) is 14.6. The molecule has 110 valence electrons. The first-order chi connectivity index (χ1) is 8.96. The zero-order valence-electron chi connectivity index (χ0n) is 11.0. The van der Waals surface area contributed by atoms with Gasteiger partial charge in [0.15, 0.2) is 0 Å². The number of rotatable bonds is 3. The summed E-state index contributed by atoms with van der Waals surface area (Å²) in [5.74, 6) is 0.226. The van der Waals surface area contributed by atoms with Crippen molar-refractivity contribution in [2.24, 2.45) is 5.92 Å². The van der Waals surface area contributed by atoms with Crippen LogP contribution < -0.4 is 5.32 Å². The van der Waals surface area contributed by atoms with Gasteiger partial charge in [0.05, 0.1) is 6.42 Å². The van der Waals surface area contributed by atoms with Crippen molar-refractivity contribution in [1.82, 2.24) is 10.2 Å². The summed E-state index contributed by atoms with van der Waals surface area (Å²) in [6, 6.07) is 0.549. The molecule has 2 fully saturated rings. The molecule has 0 aromatic heterocycles. The number of nitrogens with one attached hydrogen (secondary N) is 1. The van der Waals surface area contributed by atoms with Crippen LogP contribution in [-0.4, -0.2) is 42.7 Å². The average molecular weight is 278 g/mol. The Bertz CT molecular complexity index is 306. The highest BCUT2D eigenvalue weighted by atomic mass is 19.4. The molecule has 0 spiro atoms. The summed E-state index contributed by atoms with van der Waals surface area (Å²) in [6.45, 7) is 2.29. The van der Waals surface area contributed by atoms with Crippen molar-refractivity contribution in [3.05, 3.63) is 0 Å². The van der Waals surface area contributed by atoms with Crippen LogP contribution in [0.1, 0.15) is 38.5 Å². The Labute approximate surface area is 111 Å². The lowest BCUT2D eigenvalue weighted by atomic mass is 9.88. The van der Waals surface area contributed by atoms with E-state index in [0.29, 0.717) is 25.0 Å². The van der Waals surface area contributed by atoms with E-state index in [4.69, 9.17) is 0 Å². The van der Waals surface area contributed by atoms with E-state index < -0.39 is 19.0 Å². The Hall–Kier alpha value is -0.780. The van der Waals surface area contributed by atoms with Crippen LogP contribution in [0.2, 0.25) is 0 Å². The molecule has 0 bridgehead atoms. The first-order valence-electron chi connectivity index (χ1n) is 7.03. The maximum atomic E-state index is 12.1. The summed E-state index contributed by atoms with van der Waals surface area (Å²) >= 11 is 0. The minimum absolute atomic E-state index is 0.352. The van der Waals surface area contributed by atoms with Crippen molar-refractivity contribution in [2.75, 3.05) is 19.6 Å². The number of hydrogen-bond acceptors (Lipinski definition) is 2. The summed E-state index contributed by atoms with van der Waals surface area (Å²) in [4.78, 5) is 13.3. The number of nitrogens with zero attached hydrogens (tertiary/aromatic N) is 1. The number of hydrogen-bond donors (Lipinski definition) is 1. The number of alkyl halides is 3. The number of amides is 1. The highest BCUT2D eigenvalue weighted by Crippen LogP contribution is 2.27. The Balaban J connectivity index is 1.71. The fourth-order valence-corrected chi connectivity index (χ4v) is 3.07. The van der Waals surface area contributed by atoms with Crippen molar-refractivity contribution in [3.8, 4) is 0 Å². The van der Waals surface area contributed by atoms with E-state index in [9.17, 15) is 18.0 Å². The predicted molar refractivity (Wildman–Crippen MR) is 65.6 cm³/mol. The van der Waals surface area contributed by atoms with Crippen molar-refractivity contribution < 1.29 is 18.0 Å². The first-order valence-corrected chi connectivity index (χ1v) is 7.03. The summed E-state index contributed by atoms with van der Waals surface area (Å²) in [5, 5.41) is 3.46. The standard InChI is InChI=1S/C13H21F3N2O/c14-13(15,16)6-3-12(19)18-8-4-10(5-9-18)11-2-1-7-17-11/h10-11,17H,1-9H2. The van der Waals surface area contributed by atoms with Gasteiger partial charge >= 0.3 is 6.18 Å². The van der Waals surface area contributed by atoms with E-state index in [1.54, 1.807) is 4.90 Å². The minimum Gasteiger partial charge on any atom is -0.343 e. The van der Waals surface area contributed by atoms with E-state index in [2.05, 4.69) is 5.32 Å². The van der Waals surface area contributed by atoms with E-state index >= 15 is 0 Å². The Morgan fingerprint density at radius 3 is 2.42 bits per heavy atom. The normalized spacial score (nSPS) is 25.8. The smallest absolute Gasteiger partial charge is 0.343 e. The monoisotopic (exact) mass is 278 g/mol. The summed E-state index contributed by atoms with van der Waals surface area (Å²) in [7, 11) is 0. The molecule has 2 aliphatic heterocycles. The average Bonchev–Trinajstić information content (AvgIpc) is 2.89. The van der Waals surface area contributed by atoms with Crippen LogP contribution in [0.5, 0.6) is 0 Å². The highest BCUT2D eigenvalue weighted by molar-refractivity contribution is 5.76. The number of halogens is 3. The van der Waals surface area contributed by atoms with Crippen LogP contribution in [0, 0.1) is 5.92 Å². The third kappa shape index (κ3) is 4.37. The van der Waals surface area contributed by atoms with Gasteiger partial charge in [-0.1, -0.05) is 0 Å². The lowest BCUT2D eigenvalue weighted by Crippen LogP contribution is -2.43. The Morgan fingerprint density at radius 1 is 1.21 bits per heavy atom. The molecule has 2 rings (SSSR count). The van der Waals surface area contributed by atoms with Gasteiger partial charge in [0.2, 0.25) is 5.91 Å². The van der Waals surface area contributed by atoms with Crippen LogP contribution in [0.25, 0.3) is 0 Å². The molecule has 1 amide bonds. The van der Waals surface area contributed by atoms with Gasteiger partial charge in [-0.05, 0) is 38.1 Å². The van der Waals surface area contributed by atoms with Crippen molar-refractivity contribution in [2.45, 2.75) is 50.7 Å². The molecular formula is C13H21F3N2O. The van der Waals surface area contributed by atoms with Gasteiger partial charge in [0, 0.05) is 25.6 Å². The fourth-order valence-electron chi connectivity index (χ4n) is 3.07. The zero-order chi connectivity index (χ0) is 13.9. The van der Waals surface area contributed by atoms with Gasteiger partial charge in [-0.15, -0.1) is 0 Å². The van der Waals surface area contributed by atoms with Crippen LogP contribution in [0.4, 0.5) is 13.2 Å². The topological polar surface area (TPSA) is 32.3 Å². The molecule has 0 aromatic carbocycles. The minimum atomic E-state index is -4.23. The molecule has 1 unspecified atom stereocenters. The molecule has 1 N–H and O–H groups in total. The lowest BCUT2D eigenvalue weighted by Gasteiger charge is -2.35. The molecule has 2 aliphatic rings. The molecule has 3 nitrogen and oxygen atoms in total. The second-order valence-electron chi connectivity index (χ2n) is 5.54. The second-order valence-corrected chi connectivity index (χ2v) is 5.54. The molecule has 0 saturated carbocycles. The quantitative estimate of drug-likeness (QED) is 0.859. The van der Waals surface area contributed by atoms with Gasteiger partial charge < -0.3 is 10.2 Å². The van der Waals surface area contributed by atoms with E-state index in [-0.39, 0.29) is 5.91 Å². The fraction of sp³-hybridized carbons (Fsp3) is 0.923. The van der Waals surface area contributed by atoms with Crippen molar-refractivity contribution in [3.63, 3.8) is 0 Å². The zero-order valence-corrected chi connectivity index (χ0v) is 11.0. The van der Waals surface area contributed by atoms with Gasteiger partial charge in [0.1, 0.15) is 0 Å². The van der Waals surface area contributed by atoms with Gasteiger partial charge in [-0.2, -0.15) is 13.2 Å². The molecule has 19 heavy (non-hydrogen) atoms. The SMILES string of the molecule is O=C(CCC(F)(F)F)N1CCC(C2CCCN2)CC1. The summed E-state index contributed by atoms with van der Waals surface area (Å²) < 4.78 is 36.2. The molecule has 0 radical (unpaired) electrons. The number of likely N-dealkylation sites (tertiary alicyclic amines) is 1. The number of carbonyl (C=O) groups is 1. The lowest BCUT2D eigenvalue weighted by molar-refractivity contribution is -0.149. The third-order valence-electron chi connectivity index (χ3n) is 4.18. The molecule has 0 aliphatic carbocycles. The molecule has 6 heteroatoms. The summed E-state index contributed by atoms with van der Waals surface area (Å²) in [5.41, 5.74) is 0. The molecule has 1 atom stereocenters. The second kappa shape index (κ2) is 6.11. The largest absolute Gasteiger partial charge is 0.389 e. The van der Waals surface area contributed by atoms with E-state index in [0.717, 1.165) is 19.4 Å². The van der Waals surface area contributed by atoms with Crippen molar-refractivity contribution >= 4 is 5.91 Å². The van der Waals surface area contributed by atoms with E-state index in [1.165, 1.54) is 12.8 Å². The summed E-state index contributed by atoms with van der Waals surface area (Å²) in [6.07, 6.45) is -1.43. The van der Waals surface area contributed by atoms with Crippen LogP contribution in [-0.2, 0) is 4.79 Å². The molecule has 0 aromatic rings. The maximum Gasteiger partial charge on any atom is 0.389 e. The molecule has 2 heterocycles. The van der Waals surface area contributed by atoms with Gasteiger partial charge in [-0.25, -0.2) is 0 Å². The van der Waals surface area contributed by atoms with E-state index in [1.807, 2.05) is 0 Å². The molecule has 2 saturated heterocycles. The molecular weight excluding hydrogens is 257 g/mol. The maximum absolute atomic E-state index is 12.1. The Kier molecular flexibility index (Phi) is 4.71. The predicted octanol–water partition coefficient (Wildman–Crippen LogP) is 2.32. The van der Waals surface area contributed by atoms with Gasteiger partial charge in [0.25, 0.3) is 0 Å². The number of carbonyl (C=O) groups excluding carboxylic acids is 1. The third-order valence-corrected chi connectivity index (χ3v) is 4.18. The highest BCUT2D eigenvalue weighted by Gasteiger charge is 2.32.